The van der Waals surface area contributed by atoms with Crippen LogP contribution in [0.3, 0.4) is 0 Å². The van der Waals surface area contributed by atoms with E-state index < -0.39 is 16.0 Å². The maximum Gasteiger partial charge on any atom is 0.308 e. The third kappa shape index (κ3) is 2.42. The van der Waals surface area contributed by atoms with Gasteiger partial charge in [0.05, 0.1) is 0 Å². The van der Waals surface area contributed by atoms with Crippen molar-refractivity contribution in [2.75, 3.05) is 14.1 Å². The zero-order chi connectivity index (χ0) is 14.0. The van der Waals surface area contributed by atoms with Crippen molar-refractivity contribution in [1.29, 1.82) is 0 Å². The van der Waals surface area contributed by atoms with E-state index in [9.17, 15) is 13.2 Å². The lowest BCUT2D eigenvalue weighted by Crippen LogP contribution is -2.30. The Morgan fingerprint density at radius 2 is 1.84 bits per heavy atom. The minimum atomic E-state index is -3.75. The first-order chi connectivity index (χ1) is 8.94. The van der Waals surface area contributed by atoms with E-state index in [2.05, 4.69) is 4.98 Å². The molecule has 0 aliphatic rings. The quantitative estimate of drug-likeness (QED) is 0.775. The lowest BCUT2D eigenvalue weighted by molar-refractivity contribution is 0.102. The van der Waals surface area contributed by atoms with Crippen LogP contribution in [0.2, 0.25) is 0 Å². The molecule has 0 amide bonds. The van der Waals surface area contributed by atoms with Crippen LogP contribution in [0.1, 0.15) is 16.2 Å². The molecule has 1 aromatic heterocycles. The van der Waals surface area contributed by atoms with Gasteiger partial charge in [-0.05, 0) is 0 Å². The monoisotopic (exact) mass is 279 g/mol. The maximum atomic E-state index is 12.2. The van der Waals surface area contributed by atoms with E-state index >= 15 is 0 Å². The number of carbonyl (C=O) groups is 1. The summed E-state index contributed by atoms with van der Waals surface area (Å²) in [5.41, 5.74) is 0.393. The molecule has 0 radical (unpaired) electrons. The number of rotatable bonds is 4. The summed E-state index contributed by atoms with van der Waals surface area (Å²) in [4.78, 5) is 16.1. The fourth-order valence-electron chi connectivity index (χ4n) is 1.53. The van der Waals surface area contributed by atoms with Crippen LogP contribution >= 0.6 is 0 Å². The highest BCUT2D eigenvalue weighted by Gasteiger charge is 2.24. The topological polar surface area (TPSA) is 72.3 Å². The number of nitrogens with zero attached hydrogens (tertiary/aromatic N) is 3. The van der Waals surface area contributed by atoms with Gasteiger partial charge in [0, 0.05) is 32.1 Å². The van der Waals surface area contributed by atoms with E-state index in [1.54, 1.807) is 30.3 Å². The summed E-state index contributed by atoms with van der Waals surface area (Å²) in [7, 11) is -0.961. The van der Waals surface area contributed by atoms with Crippen molar-refractivity contribution in [2.24, 2.45) is 0 Å². The highest BCUT2D eigenvalue weighted by molar-refractivity contribution is 7.87. The third-order valence-corrected chi connectivity index (χ3v) is 4.27. The smallest absolute Gasteiger partial charge is 0.285 e. The largest absolute Gasteiger partial charge is 0.308 e. The molecule has 6 nitrogen and oxygen atoms in total. The van der Waals surface area contributed by atoms with E-state index in [4.69, 9.17) is 0 Å². The van der Waals surface area contributed by atoms with Crippen LogP contribution in [0.15, 0.2) is 42.7 Å². The maximum absolute atomic E-state index is 12.2. The Labute approximate surface area is 111 Å². The summed E-state index contributed by atoms with van der Waals surface area (Å²) >= 11 is 0. The van der Waals surface area contributed by atoms with E-state index in [0.717, 1.165) is 8.28 Å². The molecule has 0 atom stereocenters. The number of aromatic nitrogens is 2. The van der Waals surface area contributed by atoms with Gasteiger partial charge in [-0.25, -0.2) is 8.96 Å². The predicted octanol–water partition coefficient (Wildman–Crippen LogP) is 0.769. The number of imidazole rings is 1. The van der Waals surface area contributed by atoms with Gasteiger partial charge in [-0.3, -0.25) is 4.79 Å². The predicted molar refractivity (Wildman–Crippen MR) is 70.1 cm³/mol. The molecule has 0 saturated carbocycles. The summed E-state index contributed by atoms with van der Waals surface area (Å²) in [5.74, 6) is -0.559. The molecule has 0 spiro atoms. The fraction of sp³-hybridized carbons (Fsp3) is 0.167. The summed E-state index contributed by atoms with van der Waals surface area (Å²) < 4.78 is 26.0. The highest BCUT2D eigenvalue weighted by atomic mass is 32.2. The Hall–Kier alpha value is -1.99. The normalized spacial score (nSPS) is 11.7. The molecule has 1 heterocycles. The fourth-order valence-corrected chi connectivity index (χ4v) is 2.44. The summed E-state index contributed by atoms with van der Waals surface area (Å²) in [5, 5.41) is 0. The van der Waals surface area contributed by atoms with E-state index in [1.165, 1.54) is 26.5 Å². The standard InChI is InChI=1S/C12H13N3O3S/c1-14(2)19(17,18)15-9-8-13-12(15)11(16)10-6-4-3-5-7-10/h3-9H,1-2H3. The average Bonchev–Trinajstić information content (AvgIpc) is 2.88. The molecule has 0 aliphatic heterocycles. The second kappa shape index (κ2) is 4.94. The van der Waals surface area contributed by atoms with Gasteiger partial charge in [-0.2, -0.15) is 12.7 Å². The van der Waals surface area contributed by atoms with Crippen LogP contribution < -0.4 is 0 Å². The van der Waals surface area contributed by atoms with Crippen molar-refractivity contribution >= 4 is 16.0 Å². The Balaban J connectivity index is 2.50. The summed E-state index contributed by atoms with van der Waals surface area (Å²) in [6.45, 7) is 0. The van der Waals surface area contributed by atoms with Crippen LogP contribution in [0.25, 0.3) is 0 Å². The molecular formula is C12H13N3O3S. The van der Waals surface area contributed by atoms with Gasteiger partial charge < -0.3 is 0 Å². The molecule has 2 rings (SSSR count). The van der Waals surface area contributed by atoms with Crippen molar-refractivity contribution in [3.8, 4) is 0 Å². The van der Waals surface area contributed by atoms with Crippen LogP contribution in [0.4, 0.5) is 0 Å². The molecule has 0 aliphatic carbocycles. The van der Waals surface area contributed by atoms with Crippen molar-refractivity contribution in [3.05, 3.63) is 54.1 Å². The van der Waals surface area contributed by atoms with Gasteiger partial charge in [0.15, 0.2) is 5.82 Å². The molecule has 0 saturated heterocycles. The first-order valence-electron chi connectivity index (χ1n) is 5.50. The molecule has 0 bridgehead atoms. The van der Waals surface area contributed by atoms with Gasteiger partial charge in [-0.1, -0.05) is 30.3 Å². The lowest BCUT2D eigenvalue weighted by Gasteiger charge is -2.13. The summed E-state index contributed by atoms with van der Waals surface area (Å²) in [6.07, 6.45) is 2.54. The average molecular weight is 279 g/mol. The SMILES string of the molecule is CN(C)S(=O)(=O)n1ccnc1C(=O)c1ccccc1. The van der Waals surface area contributed by atoms with E-state index in [-0.39, 0.29) is 5.82 Å². The Bertz CT molecular complexity index is 690. The summed E-state index contributed by atoms with van der Waals surface area (Å²) in [6, 6.07) is 8.43. The second-order valence-corrected chi connectivity index (χ2v) is 6.05. The molecule has 0 fully saturated rings. The van der Waals surface area contributed by atoms with Crippen molar-refractivity contribution in [3.63, 3.8) is 0 Å². The number of benzene rings is 1. The van der Waals surface area contributed by atoms with Gasteiger partial charge in [-0.15, -0.1) is 0 Å². The molecule has 0 N–H and O–H groups in total. The first kappa shape index (κ1) is 13.4. The first-order valence-corrected chi connectivity index (χ1v) is 6.90. The zero-order valence-corrected chi connectivity index (χ0v) is 11.3. The second-order valence-electron chi connectivity index (χ2n) is 4.03. The molecular weight excluding hydrogens is 266 g/mol. The minimum absolute atomic E-state index is 0.125. The third-order valence-electron chi connectivity index (χ3n) is 2.56. The van der Waals surface area contributed by atoms with Crippen LogP contribution in [-0.2, 0) is 10.2 Å². The van der Waals surface area contributed by atoms with Crippen LogP contribution in [0.5, 0.6) is 0 Å². The molecule has 1 aromatic carbocycles. The van der Waals surface area contributed by atoms with Crippen molar-refractivity contribution in [2.45, 2.75) is 0 Å². The Morgan fingerprint density at radius 3 is 2.42 bits per heavy atom. The molecule has 0 unspecified atom stereocenters. The number of carbonyl (C=O) groups excluding carboxylic acids is 1. The van der Waals surface area contributed by atoms with Crippen molar-refractivity contribution < 1.29 is 13.2 Å². The van der Waals surface area contributed by atoms with Crippen LogP contribution in [-0.4, -0.2) is 41.6 Å². The number of ketones is 1. The lowest BCUT2D eigenvalue weighted by atomic mass is 10.1. The van der Waals surface area contributed by atoms with E-state index in [0.29, 0.717) is 5.56 Å². The highest BCUT2D eigenvalue weighted by Crippen LogP contribution is 2.11. The Kier molecular flexibility index (Phi) is 3.50. The van der Waals surface area contributed by atoms with Gasteiger partial charge >= 0.3 is 10.2 Å². The number of hydrogen-bond acceptors (Lipinski definition) is 4. The van der Waals surface area contributed by atoms with Gasteiger partial charge in [0.1, 0.15) is 0 Å². The molecule has 100 valence electrons. The molecule has 2 aromatic rings. The molecule has 7 heteroatoms. The van der Waals surface area contributed by atoms with Gasteiger partial charge in [0.2, 0.25) is 5.78 Å². The van der Waals surface area contributed by atoms with Crippen LogP contribution in [0, 0.1) is 0 Å². The van der Waals surface area contributed by atoms with Crippen molar-refractivity contribution in [1.82, 2.24) is 13.3 Å². The van der Waals surface area contributed by atoms with Gasteiger partial charge in [0.25, 0.3) is 0 Å². The Morgan fingerprint density at radius 1 is 1.21 bits per heavy atom. The molecule has 19 heavy (non-hydrogen) atoms. The van der Waals surface area contributed by atoms with E-state index in [1.807, 2.05) is 0 Å². The minimum Gasteiger partial charge on any atom is -0.285 e. The zero-order valence-electron chi connectivity index (χ0n) is 10.5. The number of hydrogen-bond donors (Lipinski definition) is 0.